The molecule has 2 N–H and O–H groups in total. The smallest absolute Gasteiger partial charge is 0.171 e. The van der Waals surface area contributed by atoms with E-state index in [4.69, 9.17) is 12.2 Å². The Balaban J connectivity index is 1.82. The minimum atomic E-state index is -0.156. The number of carbonyl (C=O) groups is 1. The van der Waals surface area contributed by atoms with Crippen LogP contribution in [0, 0.1) is 5.92 Å². The van der Waals surface area contributed by atoms with Crippen LogP contribution in [0.2, 0.25) is 0 Å². The van der Waals surface area contributed by atoms with Crippen molar-refractivity contribution in [3.8, 4) is 0 Å². The second-order valence-electron chi connectivity index (χ2n) is 5.46. The van der Waals surface area contributed by atoms with Gasteiger partial charge in [0.1, 0.15) is 0 Å². The Morgan fingerprint density at radius 1 is 0.857 bits per heavy atom. The molecule has 2 aliphatic rings. The highest BCUT2D eigenvalue weighted by molar-refractivity contribution is 7.80. The van der Waals surface area contributed by atoms with Crippen molar-refractivity contribution in [1.29, 1.82) is 0 Å². The van der Waals surface area contributed by atoms with Crippen molar-refractivity contribution in [2.24, 2.45) is 5.92 Å². The van der Waals surface area contributed by atoms with Gasteiger partial charge in [0, 0.05) is 5.56 Å². The molecular weight excluding hydrogens is 280 g/mol. The highest BCUT2D eigenvalue weighted by Crippen LogP contribution is 2.44. The predicted molar refractivity (Wildman–Crippen MR) is 85.1 cm³/mol. The molecule has 2 aromatic carbocycles. The first-order valence-corrected chi connectivity index (χ1v) is 7.41. The quantitative estimate of drug-likeness (QED) is 0.794. The standard InChI is InChI=1S/C17H14N2OS/c20-16-12-9-5-4-8-11(12)15-13(16)14(18-17(21)19-15)10-6-2-1-3-7-10/h1-9,13-15H,(H2,18,19,21). The Bertz CT molecular complexity index is 729. The van der Waals surface area contributed by atoms with Crippen molar-refractivity contribution >= 4 is 23.1 Å². The number of benzene rings is 2. The fourth-order valence-electron chi connectivity index (χ4n) is 3.39. The van der Waals surface area contributed by atoms with Crippen molar-refractivity contribution in [1.82, 2.24) is 10.6 Å². The van der Waals surface area contributed by atoms with E-state index in [0.29, 0.717) is 5.11 Å². The number of rotatable bonds is 1. The fraction of sp³-hybridized carbons (Fsp3) is 0.176. The van der Waals surface area contributed by atoms with Gasteiger partial charge in [0.15, 0.2) is 10.9 Å². The topological polar surface area (TPSA) is 41.1 Å². The molecule has 0 aromatic heterocycles. The number of nitrogens with one attached hydrogen (secondary N) is 2. The van der Waals surface area contributed by atoms with E-state index >= 15 is 0 Å². The molecule has 1 aliphatic heterocycles. The third-order valence-electron chi connectivity index (χ3n) is 4.31. The minimum absolute atomic E-state index is 0.0346. The van der Waals surface area contributed by atoms with Crippen LogP contribution in [0.5, 0.6) is 0 Å². The molecule has 3 atom stereocenters. The third kappa shape index (κ3) is 1.87. The molecule has 0 saturated carbocycles. The van der Waals surface area contributed by atoms with E-state index < -0.39 is 0 Å². The van der Waals surface area contributed by atoms with Crippen molar-refractivity contribution in [3.63, 3.8) is 0 Å². The molecule has 21 heavy (non-hydrogen) atoms. The molecule has 2 aromatic rings. The van der Waals surface area contributed by atoms with E-state index in [1.165, 1.54) is 0 Å². The van der Waals surface area contributed by atoms with Crippen molar-refractivity contribution < 1.29 is 4.79 Å². The minimum Gasteiger partial charge on any atom is -0.355 e. The molecule has 1 fully saturated rings. The zero-order chi connectivity index (χ0) is 14.4. The molecule has 0 spiro atoms. The van der Waals surface area contributed by atoms with E-state index in [0.717, 1.165) is 16.7 Å². The maximum atomic E-state index is 12.8. The van der Waals surface area contributed by atoms with Crippen molar-refractivity contribution in [3.05, 3.63) is 71.3 Å². The second-order valence-corrected chi connectivity index (χ2v) is 5.87. The van der Waals surface area contributed by atoms with Crippen LogP contribution < -0.4 is 10.6 Å². The van der Waals surface area contributed by atoms with E-state index in [2.05, 4.69) is 10.6 Å². The maximum absolute atomic E-state index is 12.8. The summed E-state index contributed by atoms with van der Waals surface area (Å²) in [5, 5.41) is 7.14. The number of fused-ring (bicyclic) bond motifs is 3. The number of hydrogen-bond acceptors (Lipinski definition) is 2. The van der Waals surface area contributed by atoms with E-state index in [1.807, 2.05) is 54.6 Å². The van der Waals surface area contributed by atoms with Crippen LogP contribution in [0.1, 0.15) is 33.6 Å². The summed E-state index contributed by atoms with van der Waals surface area (Å²) in [4.78, 5) is 12.8. The van der Waals surface area contributed by atoms with Crippen LogP contribution in [0.3, 0.4) is 0 Å². The lowest BCUT2D eigenvalue weighted by Gasteiger charge is -2.36. The highest BCUT2D eigenvalue weighted by atomic mass is 32.1. The van der Waals surface area contributed by atoms with Gasteiger partial charge in [-0.2, -0.15) is 0 Å². The first kappa shape index (κ1) is 12.5. The van der Waals surface area contributed by atoms with Crippen LogP contribution in [-0.2, 0) is 0 Å². The van der Waals surface area contributed by atoms with E-state index in [1.54, 1.807) is 0 Å². The molecule has 0 bridgehead atoms. The van der Waals surface area contributed by atoms with E-state index in [-0.39, 0.29) is 23.8 Å². The summed E-state index contributed by atoms with van der Waals surface area (Å²) in [6, 6.07) is 17.7. The molecule has 4 heteroatoms. The largest absolute Gasteiger partial charge is 0.355 e. The summed E-state index contributed by atoms with van der Waals surface area (Å²) in [6.07, 6.45) is 0. The summed E-state index contributed by atoms with van der Waals surface area (Å²) in [6.45, 7) is 0. The van der Waals surface area contributed by atoms with Gasteiger partial charge in [0.25, 0.3) is 0 Å². The Kier molecular flexibility index (Phi) is 2.79. The van der Waals surface area contributed by atoms with Crippen LogP contribution in [0.15, 0.2) is 54.6 Å². The zero-order valence-electron chi connectivity index (χ0n) is 11.2. The van der Waals surface area contributed by atoms with Gasteiger partial charge in [-0.3, -0.25) is 4.79 Å². The van der Waals surface area contributed by atoms with Crippen molar-refractivity contribution in [2.45, 2.75) is 12.1 Å². The van der Waals surface area contributed by atoms with Gasteiger partial charge in [-0.05, 0) is 23.3 Å². The Morgan fingerprint density at radius 2 is 1.52 bits per heavy atom. The average molecular weight is 294 g/mol. The molecule has 3 unspecified atom stereocenters. The number of carbonyl (C=O) groups excluding carboxylic acids is 1. The Labute approximate surface area is 128 Å². The SMILES string of the molecule is O=C1c2ccccc2C2NC(=S)NC(c3ccccc3)C12. The summed E-state index contributed by atoms with van der Waals surface area (Å²) in [5.74, 6) is 0.0310. The lowest BCUT2D eigenvalue weighted by atomic mass is 9.85. The third-order valence-corrected chi connectivity index (χ3v) is 4.55. The van der Waals surface area contributed by atoms with Gasteiger partial charge in [0.05, 0.1) is 18.0 Å². The van der Waals surface area contributed by atoms with E-state index in [9.17, 15) is 4.79 Å². The molecular formula is C17H14N2OS. The van der Waals surface area contributed by atoms with Crippen LogP contribution >= 0.6 is 12.2 Å². The number of thiocarbonyl (C=S) groups is 1. The Hall–Kier alpha value is -2.20. The van der Waals surface area contributed by atoms with Crippen LogP contribution in [-0.4, -0.2) is 10.9 Å². The van der Waals surface area contributed by atoms with Gasteiger partial charge in [-0.25, -0.2) is 0 Å². The lowest BCUT2D eigenvalue weighted by Crippen LogP contribution is -2.51. The molecule has 1 heterocycles. The Morgan fingerprint density at radius 3 is 2.33 bits per heavy atom. The molecule has 0 radical (unpaired) electrons. The molecule has 1 saturated heterocycles. The van der Waals surface area contributed by atoms with Gasteiger partial charge in [0.2, 0.25) is 0 Å². The number of ketones is 1. The molecule has 3 nitrogen and oxygen atoms in total. The normalized spacial score (nSPS) is 26.6. The van der Waals surface area contributed by atoms with Crippen molar-refractivity contribution in [2.75, 3.05) is 0 Å². The first-order valence-electron chi connectivity index (χ1n) is 7.01. The summed E-state index contributed by atoms with van der Waals surface area (Å²) in [7, 11) is 0. The predicted octanol–water partition coefficient (Wildman–Crippen LogP) is 2.76. The highest BCUT2D eigenvalue weighted by Gasteiger charge is 2.47. The number of Topliss-reactive ketones (excluding diaryl/α,β-unsaturated/α-hetero) is 1. The molecule has 104 valence electrons. The summed E-state index contributed by atoms with van der Waals surface area (Å²) < 4.78 is 0. The summed E-state index contributed by atoms with van der Waals surface area (Å²) in [5.41, 5.74) is 2.96. The second kappa shape index (κ2) is 4.67. The van der Waals surface area contributed by atoms with Gasteiger partial charge < -0.3 is 10.6 Å². The fourth-order valence-corrected chi connectivity index (χ4v) is 3.65. The monoisotopic (exact) mass is 294 g/mol. The first-order chi connectivity index (χ1) is 10.3. The van der Waals surface area contributed by atoms with Gasteiger partial charge >= 0.3 is 0 Å². The average Bonchev–Trinajstić information content (AvgIpc) is 2.81. The lowest BCUT2D eigenvalue weighted by molar-refractivity contribution is 0.0882. The van der Waals surface area contributed by atoms with Gasteiger partial charge in [-0.1, -0.05) is 54.6 Å². The van der Waals surface area contributed by atoms with Crippen LogP contribution in [0.4, 0.5) is 0 Å². The number of hydrogen-bond donors (Lipinski definition) is 2. The summed E-state index contributed by atoms with van der Waals surface area (Å²) >= 11 is 5.34. The van der Waals surface area contributed by atoms with Crippen LogP contribution in [0.25, 0.3) is 0 Å². The molecule has 1 aliphatic carbocycles. The van der Waals surface area contributed by atoms with Gasteiger partial charge in [-0.15, -0.1) is 0 Å². The maximum Gasteiger partial charge on any atom is 0.171 e. The molecule has 4 rings (SSSR count). The zero-order valence-corrected chi connectivity index (χ0v) is 12.1. The molecule has 0 amide bonds.